The molecule has 0 aliphatic carbocycles. The predicted molar refractivity (Wildman–Crippen MR) is 153 cm³/mol. The second-order valence-electron chi connectivity index (χ2n) is 10.1. The van der Waals surface area contributed by atoms with Crippen LogP contribution in [0.1, 0.15) is 124 Å². The van der Waals surface area contributed by atoms with E-state index in [1.807, 2.05) is 0 Å². The molecule has 0 amide bonds. The lowest BCUT2D eigenvalue weighted by molar-refractivity contribution is -0.139. The van der Waals surface area contributed by atoms with E-state index in [2.05, 4.69) is 6.92 Å². The van der Waals surface area contributed by atoms with Gasteiger partial charge in [0.05, 0.1) is 13.2 Å². The molecule has 0 saturated heterocycles. The largest absolute Gasteiger partial charge is 0.490 e. The Morgan fingerprint density at radius 1 is 0.590 bits per heavy atom. The molecule has 8 nitrogen and oxygen atoms in total. The van der Waals surface area contributed by atoms with Gasteiger partial charge in [-0.15, -0.1) is 0 Å². The molecule has 0 atom stereocenters. The number of carboxylic acids is 2. The highest BCUT2D eigenvalue weighted by Gasteiger charge is 2.18. The van der Waals surface area contributed by atoms with Gasteiger partial charge in [0, 0.05) is 11.1 Å². The van der Waals surface area contributed by atoms with E-state index in [0.29, 0.717) is 6.42 Å². The predicted octanol–water partition coefficient (Wildman–Crippen LogP) is 7.12. The first kappa shape index (κ1) is 36.4. The summed E-state index contributed by atoms with van der Waals surface area (Å²) < 4.78 is 10.7. The summed E-state index contributed by atoms with van der Waals surface area (Å²) in [6.45, 7) is 4.47. The van der Waals surface area contributed by atoms with Gasteiger partial charge >= 0.3 is 17.9 Å². The molecule has 0 spiro atoms. The van der Waals surface area contributed by atoms with Crippen molar-refractivity contribution in [2.75, 3.05) is 19.8 Å². The van der Waals surface area contributed by atoms with Crippen molar-refractivity contribution in [1.29, 1.82) is 0 Å². The molecule has 224 valence electrons. The first-order valence-corrected chi connectivity index (χ1v) is 14.7. The minimum atomic E-state index is -1.24. The molecular weight excluding hydrogens is 500 g/mol. The zero-order valence-corrected chi connectivity index (χ0v) is 24.5. The fourth-order valence-electron chi connectivity index (χ4n) is 4.01. The number of carbonyl (C=O) groups excluding carboxylic acids is 1. The van der Waals surface area contributed by atoms with E-state index in [1.165, 1.54) is 90.9 Å². The molecule has 0 aromatic carbocycles. The van der Waals surface area contributed by atoms with Crippen molar-refractivity contribution in [1.82, 2.24) is 0 Å². The van der Waals surface area contributed by atoms with Crippen LogP contribution in [0.4, 0.5) is 0 Å². The third-order valence-corrected chi connectivity index (χ3v) is 6.45. The van der Waals surface area contributed by atoms with Crippen LogP contribution in [0.3, 0.4) is 0 Å². The number of carboxylic acid groups (broad SMARTS) is 2. The van der Waals surface area contributed by atoms with Crippen molar-refractivity contribution in [3.05, 3.63) is 34.6 Å². The van der Waals surface area contributed by atoms with Crippen LogP contribution in [-0.2, 0) is 23.9 Å². The summed E-state index contributed by atoms with van der Waals surface area (Å²) in [4.78, 5) is 35.4. The zero-order chi connectivity index (χ0) is 29.3. The first-order valence-electron chi connectivity index (χ1n) is 14.7. The van der Waals surface area contributed by atoms with Gasteiger partial charge in [0.1, 0.15) is 17.9 Å². The van der Waals surface area contributed by atoms with Gasteiger partial charge in [-0.05, 0) is 32.4 Å². The molecule has 8 heteroatoms. The van der Waals surface area contributed by atoms with Crippen LogP contribution in [0.25, 0.3) is 0 Å². The monoisotopic (exact) mass is 552 g/mol. The number of carbonyl (C=O) groups is 3. The van der Waals surface area contributed by atoms with Crippen LogP contribution in [0, 0.1) is 0 Å². The lowest BCUT2D eigenvalue weighted by atomic mass is 10.0. The van der Waals surface area contributed by atoms with Gasteiger partial charge < -0.3 is 24.8 Å². The standard InChI is InChI=1S/C31H52O8/c1-4-5-6-7-8-9-10-11-12-13-14-15-16-17-18-19-21-39-31(37)27(23-25(2)29(33)34)28(38-22-20-32)24-26(3)30(35)36/h23-24,32H,4-22H2,1-3H3,(H,33,34)(H,35,36). The maximum Gasteiger partial charge on any atom is 0.341 e. The lowest BCUT2D eigenvalue weighted by Crippen LogP contribution is -2.14. The second kappa shape index (κ2) is 24.4. The fourth-order valence-corrected chi connectivity index (χ4v) is 4.01. The Kier molecular flexibility index (Phi) is 22.8. The Bertz CT molecular complexity index is 794. The molecule has 0 aromatic rings. The minimum Gasteiger partial charge on any atom is -0.490 e. The summed E-state index contributed by atoms with van der Waals surface area (Å²) in [5, 5.41) is 27.5. The van der Waals surface area contributed by atoms with Crippen molar-refractivity contribution in [3.63, 3.8) is 0 Å². The number of aliphatic hydroxyl groups excluding tert-OH is 1. The molecular formula is C31H52O8. The number of ether oxygens (including phenoxy) is 2. The Morgan fingerprint density at radius 3 is 1.41 bits per heavy atom. The minimum absolute atomic E-state index is 0.118. The molecule has 0 bridgehead atoms. The van der Waals surface area contributed by atoms with Crippen LogP contribution >= 0.6 is 0 Å². The van der Waals surface area contributed by atoms with Gasteiger partial charge in [-0.25, -0.2) is 14.4 Å². The van der Waals surface area contributed by atoms with Crippen LogP contribution in [0.5, 0.6) is 0 Å². The molecule has 0 fully saturated rings. The highest BCUT2D eigenvalue weighted by Crippen LogP contribution is 2.18. The maximum atomic E-state index is 12.8. The topological polar surface area (TPSA) is 130 Å². The smallest absolute Gasteiger partial charge is 0.341 e. The first-order chi connectivity index (χ1) is 18.7. The second-order valence-corrected chi connectivity index (χ2v) is 10.1. The number of hydrogen-bond acceptors (Lipinski definition) is 6. The van der Waals surface area contributed by atoms with Crippen LogP contribution in [0.2, 0.25) is 0 Å². The summed E-state index contributed by atoms with van der Waals surface area (Å²) in [6, 6.07) is 0. The molecule has 0 heterocycles. The number of unbranched alkanes of at least 4 members (excludes halogenated alkanes) is 15. The highest BCUT2D eigenvalue weighted by atomic mass is 16.5. The Morgan fingerprint density at radius 2 is 1.00 bits per heavy atom. The van der Waals surface area contributed by atoms with E-state index in [-0.39, 0.29) is 42.3 Å². The average molecular weight is 553 g/mol. The lowest BCUT2D eigenvalue weighted by Gasteiger charge is -2.12. The molecule has 0 rings (SSSR count). The molecule has 0 radical (unpaired) electrons. The zero-order valence-electron chi connectivity index (χ0n) is 24.5. The van der Waals surface area contributed by atoms with Crippen molar-refractivity contribution < 1.29 is 39.2 Å². The number of esters is 1. The van der Waals surface area contributed by atoms with Gasteiger partial charge in [-0.1, -0.05) is 103 Å². The van der Waals surface area contributed by atoms with E-state index in [0.717, 1.165) is 31.4 Å². The van der Waals surface area contributed by atoms with E-state index in [9.17, 15) is 24.6 Å². The summed E-state index contributed by atoms with van der Waals surface area (Å²) in [5.41, 5.74) is -0.469. The summed E-state index contributed by atoms with van der Waals surface area (Å²) in [7, 11) is 0. The van der Waals surface area contributed by atoms with Gasteiger partial charge in [0.2, 0.25) is 0 Å². The summed E-state index contributed by atoms with van der Waals surface area (Å²) in [6.07, 6.45) is 22.0. The normalized spacial score (nSPS) is 12.7. The molecule has 0 unspecified atom stereocenters. The van der Waals surface area contributed by atoms with Gasteiger partial charge in [0.15, 0.2) is 0 Å². The number of aliphatic hydroxyl groups is 1. The third-order valence-electron chi connectivity index (χ3n) is 6.45. The fraction of sp³-hybridized carbons (Fsp3) is 0.710. The number of aliphatic carboxylic acids is 2. The average Bonchev–Trinajstić information content (AvgIpc) is 2.90. The quantitative estimate of drug-likeness (QED) is 0.0359. The maximum absolute atomic E-state index is 12.8. The molecule has 39 heavy (non-hydrogen) atoms. The van der Waals surface area contributed by atoms with Crippen molar-refractivity contribution >= 4 is 17.9 Å². The van der Waals surface area contributed by atoms with Crippen LogP contribution < -0.4 is 0 Å². The van der Waals surface area contributed by atoms with Gasteiger partial charge in [-0.2, -0.15) is 0 Å². The number of hydrogen-bond donors (Lipinski definition) is 3. The molecule has 3 N–H and O–H groups in total. The van der Waals surface area contributed by atoms with Crippen molar-refractivity contribution in [2.24, 2.45) is 0 Å². The Labute approximate surface area is 235 Å². The Balaban J connectivity index is 4.46. The van der Waals surface area contributed by atoms with Crippen LogP contribution in [0.15, 0.2) is 34.6 Å². The van der Waals surface area contributed by atoms with E-state index < -0.39 is 17.9 Å². The highest BCUT2D eigenvalue weighted by molar-refractivity contribution is 5.97. The third kappa shape index (κ3) is 20.0. The van der Waals surface area contributed by atoms with Crippen molar-refractivity contribution in [2.45, 2.75) is 124 Å². The SMILES string of the molecule is CCCCCCCCCCCCCCCCCCOC(=O)C(C=C(C)C(=O)O)=C(C=C(C)C(=O)O)OCCO. The van der Waals surface area contributed by atoms with E-state index >= 15 is 0 Å². The van der Waals surface area contributed by atoms with Crippen molar-refractivity contribution in [3.8, 4) is 0 Å². The molecule has 0 aliphatic rings. The van der Waals surface area contributed by atoms with Gasteiger partial charge in [0.25, 0.3) is 0 Å². The number of rotatable bonds is 25. The molecule has 0 aliphatic heterocycles. The van der Waals surface area contributed by atoms with E-state index in [4.69, 9.17) is 14.6 Å². The summed E-state index contributed by atoms with van der Waals surface area (Å²) >= 11 is 0. The summed E-state index contributed by atoms with van der Waals surface area (Å²) in [5.74, 6) is -3.43. The molecule has 0 saturated carbocycles. The van der Waals surface area contributed by atoms with Gasteiger partial charge in [-0.3, -0.25) is 0 Å². The Hall–Kier alpha value is -2.61. The van der Waals surface area contributed by atoms with E-state index in [1.54, 1.807) is 0 Å². The number of allylic oxidation sites excluding steroid dienone is 1. The van der Waals surface area contributed by atoms with Crippen LogP contribution in [-0.4, -0.2) is 53.0 Å². The molecule has 0 aromatic heterocycles.